The lowest BCUT2D eigenvalue weighted by molar-refractivity contribution is -0.147. The van der Waals surface area contributed by atoms with Gasteiger partial charge in [0.25, 0.3) is 0 Å². The van der Waals surface area contributed by atoms with Crippen molar-refractivity contribution in [3.63, 3.8) is 0 Å². The summed E-state index contributed by atoms with van der Waals surface area (Å²) in [5, 5.41) is 3.02. The molecule has 5 nitrogen and oxygen atoms in total. The molecule has 1 aliphatic rings. The molecule has 1 aliphatic heterocycles. The van der Waals surface area contributed by atoms with E-state index in [9.17, 15) is 9.59 Å². The van der Waals surface area contributed by atoms with Gasteiger partial charge in [-0.2, -0.15) is 0 Å². The lowest BCUT2D eigenvalue weighted by Gasteiger charge is -2.30. The molecule has 134 valence electrons. The SMILES string of the molecule is COC(=O)C1CCN(CCCNC(=O)[C@H](C)c2ccc(Br)s2)CC1. The second-order valence-electron chi connectivity index (χ2n) is 6.15. The molecule has 1 amide bonds. The van der Waals surface area contributed by atoms with E-state index < -0.39 is 0 Å². The van der Waals surface area contributed by atoms with E-state index in [4.69, 9.17) is 4.74 Å². The topological polar surface area (TPSA) is 58.6 Å². The molecule has 1 saturated heterocycles. The van der Waals surface area contributed by atoms with Crippen LogP contribution in [0.4, 0.5) is 0 Å². The predicted molar refractivity (Wildman–Crippen MR) is 99.2 cm³/mol. The van der Waals surface area contributed by atoms with Crippen molar-refractivity contribution in [1.29, 1.82) is 0 Å². The van der Waals surface area contributed by atoms with Crippen molar-refractivity contribution in [2.45, 2.75) is 32.1 Å². The standard InChI is InChI=1S/C17H25BrN2O3S/c1-12(14-4-5-15(18)24-14)16(21)19-8-3-9-20-10-6-13(7-11-20)17(22)23-2/h4-5,12-13H,3,6-11H2,1-2H3,(H,19,21)/t12-/m1/s1. The van der Waals surface area contributed by atoms with Gasteiger partial charge < -0.3 is 15.0 Å². The summed E-state index contributed by atoms with van der Waals surface area (Å²) in [6.07, 6.45) is 2.65. The van der Waals surface area contributed by atoms with Crippen LogP contribution in [0.2, 0.25) is 0 Å². The smallest absolute Gasteiger partial charge is 0.308 e. The highest BCUT2D eigenvalue weighted by molar-refractivity contribution is 9.11. The maximum absolute atomic E-state index is 12.2. The zero-order valence-corrected chi connectivity index (χ0v) is 16.6. The number of halogens is 1. The number of nitrogens with one attached hydrogen (secondary N) is 1. The van der Waals surface area contributed by atoms with E-state index in [2.05, 4.69) is 26.1 Å². The molecule has 7 heteroatoms. The Hall–Kier alpha value is -0.920. The number of thiophene rings is 1. The third kappa shape index (κ3) is 5.57. The molecule has 2 rings (SSSR count). The maximum atomic E-state index is 12.2. The number of ether oxygens (including phenoxy) is 1. The van der Waals surface area contributed by atoms with E-state index in [0.29, 0.717) is 6.54 Å². The van der Waals surface area contributed by atoms with E-state index in [1.165, 1.54) is 7.11 Å². The summed E-state index contributed by atoms with van der Waals surface area (Å²) in [4.78, 5) is 27.1. The maximum Gasteiger partial charge on any atom is 0.308 e. The normalized spacial score (nSPS) is 17.5. The Balaban J connectivity index is 1.61. The number of likely N-dealkylation sites (tertiary alicyclic amines) is 1. The van der Waals surface area contributed by atoms with Gasteiger partial charge in [-0.3, -0.25) is 9.59 Å². The van der Waals surface area contributed by atoms with Gasteiger partial charge in [0.1, 0.15) is 0 Å². The van der Waals surface area contributed by atoms with E-state index in [1.807, 2.05) is 19.1 Å². The number of esters is 1. The first-order valence-electron chi connectivity index (χ1n) is 8.34. The molecular formula is C17H25BrN2O3S. The van der Waals surface area contributed by atoms with Crippen molar-refractivity contribution in [3.8, 4) is 0 Å². The third-order valence-electron chi connectivity index (χ3n) is 4.49. The van der Waals surface area contributed by atoms with Crippen molar-refractivity contribution in [3.05, 3.63) is 20.8 Å². The van der Waals surface area contributed by atoms with Crippen LogP contribution in [0.3, 0.4) is 0 Å². The summed E-state index contributed by atoms with van der Waals surface area (Å²) in [7, 11) is 1.45. The molecule has 2 heterocycles. The van der Waals surface area contributed by atoms with E-state index in [-0.39, 0.29) is 23.7 Å². The van der Waals surface area contributed by atoms with Gasteiger partial charge in [-0.25, -0.2) is 0 Å². The van der Waals surface area contributed by atoms with Crippen molar-refractivity contribution in [2.75, 3.05) is 33.3 Å². The predicted octanol–water partition coefficient (Wildman–Crippen LogP) is 3.01. The number of carbonyl (C=O) groups is 2. The van der Waals surface area contributed by atoms with Gasteiger partial charge in [0, 0.05) is 11.4 Å². The first kappa shape index (κ1) is 19.4. The molecule has 1 atom stereocenters. The third-order valence-corrected chi connectivity index (χ3v) is 6.29. The van der Waals surface area contributed by atoms with Crippen LogP contribution in [0.25, 0.3) is 0 Å². The second kappa shape index (κ2) is 9.53. The summed E-state index contributed by atoms with van der Waals surface area (Å²) in [5.41, 5.74) is 0. The fourth-order valence-electron chi connectivity index (χ4n) is 2.92. The van der Waals surface area contributed by atoms with Crippen LogP contribution in [0, 0.1) is 5.92 Å². The lowest BCUT2D eigenvalue weighted by Crippen LogP contribution is -2.38. The summed E-state index contributed by atoms with van der Waals surface area (Å²) in [5.74, 6) is -0.0705. The number of carbonyl (C=O) groups excluding carboxylic acids is 2. The lowest BCUT2D eigenvalue weighted by atomic mass is 9.97. The minimum absolute atomic E-state index is 0.0527. The summed E-state index contributed by atoms with van der Waals surface area (Å²) in [6.45, 7) is 5.42. The highest BCUT2D eigenvalue weighted by Crippen LogP contribution is 2.28. The van der Waals surface area contributed by atoms with Gasteiger partial charge in [0.2, 0.25) is 5.91 Å². The Labute approximate surface area is 155 Å². The average Bonchev–Trinajstić information content (AvgIpc) is 3.04. The molecule has 1 aromatic rings. The average molecular weight is 417 g/mol. The van der Waals surface area contributed by atoms with Crippen molar-refractivity contribution in [1.82, 2.24) is 10.2 Å². The Morgan fingerprint density at radius 1 is 1.42 bits per heavy atom. The molecule has 1 N–H and O–H groups in total. The highest BCUT2D eigenvalue weighted by Gasteiger charge is 2.25. The molecule has 0 aromatic carbocycles. The fraction of sp³-hybridized carbons (Fsp3) is 0.647. The molecule has 24 heavy (non-hydrogen) atoms. The van der Waals surface area contributed by atoms with Crippen LogP contribution in [0.15, 0.2) is 15.9 Å². The second-order valence-corrected chi connectivity index (χ2v) is 8.64. The van der Waals surface area contributed by atoms with Gasteiger partial charge in [0.05, 0.1) is 22.7 Å². The highest BCUT2D eigenvalue weighted by atomic mass is 79.9. The fourth-order valence-corrected chi connectivity index (χ4v) is 4.39. The Bertz CT molecular complexity index is 556. The first-order valence-corrected chi connectivity index (χ1v) is 9.95. The Morgan fingerprint density at radius 3 is 2.71 bits per heavy atom. The number of piperidine rings is 1. The van der Waals surface area contributed by atoms with Gasteiger partial charge in [-0.1, -0.05) is 0 Å². The van der Waals surface area contributed by atoms with Crippen molar-refractivity contribution >= 4 is 39.1 Å². The van der Waals surface area contributed by atoms with Crippen LogP contribution in [0.5, 0.6) is 0 Å². The number of rotatable bonds is 7. The van der Waals surface area contributed by atoms with E-state index in [0.717, 1.165) is 47.6 Å². The number of amides is 1. The zero-order chi connectivity index (χ0) is 17.5. The summed E-state index contributed by atoms with van der Waals surface area (Å²) < 4.78 is 5.85. The summed E-state index contributed by atoms with van der Waals surface area (Å²) in [6, 6.07) is 3.96. The molecule has 0 unspecified atom stereocenters. The largest absolute Gasteiger partial charge is 0.469 e. The van der Waals surface area contributed by atoms with E-state index >= 15 is 0 Å². The number of nitrogens with zero attached hydrogens (tertiary/aromatic N) is 1. The molecule has 0 spiro atoms. The van der Waals surface area contributed by atoms with Crippen LogP contribution < -0.4 is 5.32 Å². The Kier molecular flexibility index (Phi) is 7.71. The monoisotopic (exact) mass is 416 g/mol. The van der Waals surface area contributed by atoms with Gasteiger partial charge in [-0.15, -0.1) is 11.3 Å². The molecule has 1 aromatic heterocycles. The molecule has 0 radical (unpaired) electrons. The number of hydrogen-bond acceptors (Lipinski definition) is 5. The van der Waals surface area contributed by atoms with Crippen LogP contribution in [0.1, 0.15) is 37.0 Å². The van der Waals surface area contributed by atoms with Crippen LogP contribution >= 0.6 is 27.3 Å². The molecule has 1 fully saturated rings. The van der Waals surface area contributed by atoms with Gasteiger partial charge in [0.15, 0.2) is 0 Å². The number of hydrogen-bond donors (Lipinski definition) is 1. The van der Waals surface area contributed by atoms with Crippen LogP contribution in [-0.2, 0) is 14.3 Å². The molecule has 0 aliphatic carbocycles. The molecular weight excluding hydrogens is 392 g/mol. The quantitative estimate of drug-likeness (QED) is 0.548. The molecule has 0 saturated carbocycles. The minimum atomic E-state index is -0.114. The Morgan fingerprint density at radius 2 is 2.12 bits per heavy atom. The van der Waals surface area contributed by atoms with Gasteiger partial charge >= 0.3 is 5.97 Å². The zero-order valence-electron chi connectivity index (χ0n) is 14.2. The first-order chi connectivity index (χ1) is 11.5. The van der Waals surface area contributed by atoms with Crippen molar-refractivity contribution in [2.24, 2.45) is 5.92 Å². The van der Waals surface area contributed by atoms with Crippen molar-refractivity contribution < 1.29 is 14.3 Å². The van der Waals surface area contributed by atoms with Crippen LogP contribution in [-0.4, -0.2) is 50.1 Å². The minimum Gasteiger partial charge on any atom is -0.469 e. The summed E-state index contributed by atoms with van der Waals surface area (Å²) >= 11 is 5.03. The number of methoxy groups -OCH3 is 1. The van der Waals surface area contributed by atoms with E-state index in [1.54, 1.807) is 11.3 Å². The van der Waals surface area contributed by atoms with Gasteiger partial charge in [-0.05, 0) is 73.9 Å². The molecule has 0 bridgehead atoms.